The first-order valence-electron chi connectivity index (χ1n) is 11.4. The van der Waals surface area contributed by atoms with Gasteiger partial charge in [0.05, 0.1) is 18.3 Å². The Balaban J connectivity index is 1.48. The van der Waals surface area contributed by atoms with Gasteiger partial charge < -0.3 is 14.8 Å². The lowest BCUT2D eigenvalue weighted by molar-refractivity contribution is 0.0939. The van der Waals surface area contributed by atoms with Crippen molar-refractivity contribution in [1.29, 1.82) is 0 Å². The minimum absolute atomic E-state index is 0.0544. The van der Waals surface area contributed by atoms with Gasteiger partial charge in [-0.15, -0.1) is 0 Å². The predicted octanol–water partition coefficient (Wildman–Crippen LogP) is 3.90. The molecule has 0 fully saturated rings. The first kappa shape index (κ1) is 25.5. The van der Waals surface area contributed by atoms with Gasteiger partial charge in [0.15, 0.2) is 11.5 Å². The Morgan fingerprint density at radius 2 is 1.67 bits per heavy atom. The van der Waals surface area contributed by atoms with E-state index in [9.17, 15) is 17.6 Å². The van der Waals surface area contributed by atoms with Crippen LogP contribution in [0, 0.1) is 5.82 Å². The molecule has 0 radical (unpaired) electrons. The quantitative estimate of drug-likeness (QED) is 0.494. The van der Waals surface area contributed by atoms with Gasteiger partial charge in [-0.1, -0.05) is 30.3 Å². The first-order valence-corrected chi connectivity index (χ1v) is 12.8. The Hall–Kier alpha value is -3.63. The summed E-state index contributed by atoms with van der Waals surface area (Å²) in [7, 11) is -1.19. The van der Waals surface area contributed by atoms with Crippen LogP contribution in [0.4, 0.5) is 10.1 Å². The van der Waals surface area contributed by atoms with E-state index in [-0.39, 0.29) is 24.2 Å². The van der Waals surface area contributed by atoms with Crippen molar-refractivity contribution < 1.29 is 27.1 Å². The number of fused-ring (bicyclic) bond motifs is 1. The molecule has 1 unspecified atom stereocenters. The Labute approximate surface area is 210 Å². The Bertz CT molecular complexity index is 1350. The zero-order valence-electron chi connectivity index (χ0n) is 20.3. The normalized spacial score (nSPS) is 13.8. The molecule has 1 amide bonds. The van der Waals surface area contributed by atoms with E-state index in [1.54, 1.807) is 30.3 Å². The standard InChI is InChI=1S/C26H28FN3O5S/c1-18(21-12-13-24-25(16-21)35-15-14-34-24)28-26(31)20-10-8-19(9-11-20)17-30(36(32,33)29(2)3)23-7-5-4-6-22(23)27/h4-13,16,18H,14-15,17H2,1-3H3,(H,28,31). The van der Waals surface area contributed by atoms with Crippen LogP contribution in [0.25, 0.3) is 0 Å². The van der Waals surface area contributed by atoms with Crippen LogP contribution in [0.1, 0.15) is 34.5 Å². The number of carbonyl (C=O) groups is 1. The lowest BCUT2D eigenvalue weighted by Gasteiger charge is -2.27. The van der Waals surface area contributed by atoms with Crippen molar-refractivity contribution in [2.75, 3.05) is 31.6 Å². The third-order valence-corrected chi connectivity index (χ3v) is 7.62. The predicted molar refractivity (Wildman–Crippen MR) is 135 cm³/mol. The van der Waals surface area contributed by atoms with Crippen molar-refractivity contribution in [1.82, 2.24) is 9.62 Å². The monoisotopic (exact) mass is 513 g/mol. The van der Waals surface area contributed by atoms with Crippen molar-refractivity contribution in [3.63, 3.8) is 0 Å². The van der Waals surface area contributed by atoms with Crippen molar-refractivity contribution in [3.8, 4) is 11.5 Å². The minimum atomic E-state index is -3.96. The molecule has 4 rings (SSSR count). The van der Waals surface area contributed by atoms with Crippen LogP contribution < -0.4 is 19.1 Å². The Morgan fingerprint density at radius 1 is 1.00 bits per heavy atom. The number of amides is 1. The Morgan fingerprint density at radius 3 is 2.33 bits per heavy atom. The number of carbonyl (C=O) groups excluding carboxylic acids is 1. The molecule has 0 spiro atoms. The fourth-order valence-corrected chi connectivity index (χ4v) is 4.87. The molecule has 10 heteroatoms. The van der Waals surface area contributed by atoms with E-state index in [0.717, 1.165) is 14.2 Å². The van der Waals surface area contributed by atoms with Crippen molar-refractivity contribution in [2.24, 2.45) is 0 Å². The fraction of sp³-hybridized carbons (Fsp3) is 0.269. The van der Waals surface area contributed by atoms with Crippen LogP contribution in [-0.2, 0) is 16.8 Å². The van der Waals surface area contributed by atoms with E-state index < -0.39 is 16.0 Å². The second-order valence-electron chi connectivity index (χ2n) is 8.54. The smallest absolute Gasteiger partial charge is 0.303 e. The minimum Gasteiger partial charge on any atom is -0.486 e. The van der Waals surface area contributed by atoms with Gasteiger partial charge in [0.2, 0.25) is 0 Å². The topological polar surface area (TPSA) is 88.2 Å². The average Bonchev–Trinajstić information content (AvgIpc) is 2.87. The fourth-order valence-electron chi connectivity index (χ4n) is 3.76. The van der Waals surface area contributed by atoms with Gasteiger partial charge in [-0.2, -0.15) is 12.7 Å². The van der Waals surface area contributed by atoms with Crippen LogP contribution in [0.15, 0.2) is 66.7 Å². The molecule has 0 aliphatic carbocycles. The van der Waals surface area contributed by atoms with E-state index in [4.69, 9.17) is 9.47 Å². The lowest BCUT2D eigenvalue weighted by atomic mass is 10.1. The number of nitrogens with zero attached hydrogens (tertiary/aromatic N) is 2. The molecular formula is C26H28FN3O5S. The van der Waals surface area contributed by atoms with E-state index in [1.165, 1.54) is 32.3 Å². The van der Waals surface area contributed by atoms with Crippen LogP contribution in [-0.4, -0.2) is 45.9 Å². The van der Waals surface area contributed by atoms with Crippen LogP contribution >= 0.6 is 0 Å². The molecule has 1 N–H and O–H groups in total. The molecule has 3 aromatic carbocycles. The maximum Gasteiger partial charge on any atom is 0.303 e. The highest BCUT2D eigenvalue weighted by atomic mass is 32.2. The molecule has 0 saturated heterocycles. The number of hydrogen-bond donors (Lipinski definition) is 1. The highest BCUT2D eigenvalue weighted by Crippen LogP contribution is 2.32. The summed E-state index contributed by atoms with van der Waals surface area (Å²) in [6.45, 7) is 2.76. The van der Waals surface area contributed by atoms with E-state index >= 15 is 0 Å². The molecule has 1 atom stereocenters. The number of nitrogens with one attached hydrogen (secondary N) is 1. The number of halogens is 1. The number of hydrogen-bond acceptors (Lipinski definition) is 5. The maximum absolute atomic E-state index is 14.5. The van der Waals surface area contributed by atoms with Gasteiger partial charge in [-0.25, -0.2) is 4.39 Å². The molecule has 1 aliphatic rings. The number of benzene rings is 3. The van der Waals surface area contributed by atoms with E-state index in [1.807, 2.05) is 25.1 Å². The average molecular weight is 514 g/mol. The molecule has 0 bridgehead atoms. The number of para-hydroxylation sites is 1. The molecule has 0 saturated carbocycles. The molecule has 36 heavy (non-hydrogen) atoms. The first-order chi connectivity index (χ1) is 17.2. The van der Waals surface area contributed by atoms with Gasteiger partial charge in [0.1, 0.15) is 19.0 Å². The van der Waals surface area contributed by atoms with E-state index in [0.29, 0.717) is 35.8 Å². The number of rotatable bonds is 8. The summed E-state index contributed by atoms with van der Waals surface area (Å²) in [4.78, 5) is 12.8. The van der Waals surface area contributed by atoms with Gasteiger partial charge in [-0.05, 0) is 54.4 Å². The van der Waals surface area contributed by atoms with Crippen molar-refractivity contribution in [2.45, 2.75) is 19.5 Å². The SMILES string of the molecule is CC(NC(=O)c1ccc(CN(c2ccccc2F)S(=O)(=O)N(C)C)cc1)c1ccc2c(c1)OCCO2. The van der Waals surface area contributed by atoms with Gasteiger partial charge in [0.25, 0.3) is 5.91 Å². The molecule has 0 aromatic heterocycles. The second-order valence-corrected chi connectivity index (χ2v) is 10.6. The molecule has 1 heterocycles. The zero-order chi connectivity index (χ0) is 25.9. The summed E-state index contributed by atoms with van der Waals surface area (Å²) in [5.41, 5.74) is 1.83. The molecule has 8 nitrogen and oxygen atoms in total. The number of ether oxygens (including phenoxy) is 2. The third-order valence-electron chi connectivity index (χ3n) is 5.82. The molecule has 3 aromatic rings. The lowest BCUT2D eigenvalue weighted by Crippen LogP contribution is -2.40. The maximum atomic E-state index is 14.5. The number of anilines is 1. The van der Waals surface area contributed by atoms with Crippen LogP contribution in [0.2, 0.25) is 0 Å². The summed E-state index contributed by atoms with van der Waals surface area (Å²) >= 11 is 0. The summed E-state index contributed by atoms with van der Waals surface area (Å²) in [5.74, 6) is 0.402. The molecule has 190 valence electrons. The highest BCUT2D eigenvalue weighted by Gasteiger charge is 2.27. The summed E-state index contributed by atoms with van der Waals surface area (Å²) < 4.78 is 53.5. The molecular weight excluding hydrogens is 485 g/mol. The highest BCUT2D eigenvalue weighted by molar-refractivity contribution is 7.90. The van der Waals surface area contributed by atoms with Gasteiger partial charge >= 0.3 is 10.2 Å². The van der Waals surface area contributed by atoms with Crippen LogP contribution in [0.5, 0.6) is 11.5 Å². The second kappa shape index (κ2) is 10.5. The largest absolute Gasteiger partial charge is 0.486 e. The van der Waals surface area contributed by atoms with Crippen molar-refractivity contribution >= 4 is 21.8 Å². The zero-order valence-corrected chi connectivity index (χ0v) is 21.1. The summed E-state index contributed by atoms with van der Waals surface area (Å²) in [5, 5.41) is 2.95. The summed E-state index contributed by atoms with van der Waals surface area (Å²) in [6.07, 6.45) is 0. The van der Waals surface area contributed by atoms with Crippen molar-refractivity contribution in [3.05, 3.63) is 89.2 Å². The van der Waals surface area contributed by atoms with Gasteiger partial charge in [0, 0.05) is 19.7 Å². The van der Waals surface area contributed by atoms with E-state index in [2.05, 4.69) is 5.32 Å². The third kappa shape index (κ3) is 5.44. The summed E-state index contributed by atoms with van der Waals surface area (Å²) in [6, 6.07) is 17.5. The van der Waals surface area contributed by atoms with Gasteiger partial charge in [-0.3, -0.25) is 9.10 Å². The molecule has 1 aliphatic heterocycles. The van der Waals surface area contributed by atoms with Crippen LogP contribution in [0.3, 0.4) is 0 Å². The Kier molecular flexibility index (Phi) is 7.46.